The van der Waals surface area contributed by atoms with E-state index in [-0.39, 0.29) is 41.2 Å². The maximum atomic E-state index is 13.3. The molecule has 1 aromatic heterocycles. The number of carbonyl (C=O) groups excluding carboxylic acids is 4. The highest BCUT2D eigenvalue weighted by Gasteiger charge is 2.18. The van der Waals surface area contributed by atoms with Crippen LogP contribution in [-0.2, 0) is 43.1 Å². The molecule has 0 unspecified atom stereocenters. The maximum Gasteiger partial charge on any atom is 0.417 e. The number of ether oxygens (including phenoxy) is 3. The molecule has 0 bridgehead atoms. The number of sulfonamides is 1. The Labute approximate surface area is 342 Å². The summed E-state index contributed by atoms with van der Waals surface area (Å²) in [6.45, 7) is 3.33. The van der Waals surface area contributed by atoms with E-state index in [1.54, 1.807) is 19.1 Å². The molecule has 0 saturated heterocycles. The lowest BCUT2D eigenvalue weighted by Gasteiger charge is -2.08. The van der Waals surface area contributed by atoms with E-state index in [1.165, 1.54) is 78.3 Å². The van der Waals surface area contributed by atoms with Gasteiger partial charge in [0.15, 0.2) is 11.5 Å². The van der Waals surface area contributed by atoms with Crippen LogP contribution < -0.4 is 22.3 Å². The Morgan fingerprint density at radius 1 is 0.828 bits per heavy atom. The topological polar surface area (TPSA) is 256 Å². The highest BCUT2D eigenvalue weighted by atomic mass is 35.5. The maximum absolute atomic E-state index is 13.3. The van der Waals surface area contributed by atoms with Crippen molar-refractivity contribution in [3.63, 3.8) is 0 Å². The first-order valence-electron chi connectivity index (χ1n) is 15.9. The van der Waals surface area contributed by atoms with Crippen LogP contribution in [0.5, 0.6) is 0 Å². The van der Waals surface area contributed by atoms with E-state index in [0.717, 1.165) is 36.8 Å². The average molecular weight is 869 g/mol. The summed E-state index contributed by atoms with van der Waals surface area (Å²) in [6.07, 6.45) is 0. The third-order valence-corrected chi connectivity index (χ3v) is 8.26. The van der Waals surface area contributed by atoms with E-state index in [4.69, 9.17) is 15.7 Å². The van der Waals surface area contributed by atoms with Crippen LogP contribution in [0.3, 0.4) is 0 Å². The molecule has 0 amide bonds. The summed E-state index contributed by atoms with van der Waals surface area (Å²) in [6, 6.07) is 25.7. The summed E-state index contributed by atoms with van der Waals surface area (Å²) in [5, 5.41) is 9.37. The number of hydrogen-bond donors (Lipinski definition) is 4. The average Bonchev–Trinajstić information content (AvgIpc) is 3.66. The Morgan fingerprint density at radius 2 is 1.34 bits per heavy atom. The summed E-state index contributed by atoms with van der Waals surface area (Å²) in [5.74, 6) is 6.52. The van der Waals surface area contributed by atoms with Crippen molar-refractivity contribution in [2.24, 2.45) is 16.9 Å². The first-order valence-corrected chi connectivity index (χ1v) is 18.2. The van der Waals surface area contributed by atoms with Gasteiger partial charge in [0.2, 0.25) is 10.0 Å². The monoisotopic (exact) mass is 868 g/mol. The SMILES string of the molecule is CC(=O)c1ccc(F)cc1.CCOC(=O)c1cc(-c2ccc(F)cc2)n(-c2ccc(S(N)(=O)=O)cc2)n1.COC(=O)C(=O)OC.Cl.NNc1ccc(SOON)cc1. The smallest absolute Gasteiger partial charge is 0.417 e. The van der Waals surface area contributed by atoms with Gasteiger partial charge in [-0.2, -0.15) is 11.0 Å². The number of esters is 3. The van der Waals surface area contributed by atoms with Crippen molar-refractivity contribution in [1.82, 2.24) is 9.78 Å². The zero-order valence-corrected chi connectivity index (χ0v) is 33.6. The number of carbonyl (C=O) groups is 4. The molecule has 0 radical (unpaired) electrons. The number of hydrogen-bond acceptors (Lipinski definition) is 16. The summed E-state index contributed by atoms with van der Waals surface area (Å²) in [4.78, 5) is 47.5. The molecule has 0 fully saturated rings. The Balaban J connectivity index is 0.000000448. The number of ketones is 1. The van der Waals surface area contributed by atoms with Gasteiger partial charge in [-0.25, -0.2) is 41.4 Å². The number of halogens is 3. The van der Waals surface area contributed by atoms with Crippen LogP contribution in [0.1, 0.15) is 34.7 Å². The lowest BCUT2D eigenvalue weighted by atomic mass is 10.1. The Morgan fingerprint density at radius 3 is 1.78 bits per heavy atom. The number of benzene rings is 4. The zero-order chi connectivity index (χ0) is 42.5. The van der Waals surface area contributed by atoms with E-state index in [1.807, 2.05) is 24.3 Å². The van der Waals surface area contributed by atoms with Crippen LogP contribution in [-0.4, -0.2) is 62.7 Å². The number of nitrogen functional groups attached to an aromatic ring is 1. The van der Waals surface area contributed by atoms with Crippen LogP contribution in [0, 0.1) is 11.6 Å². The molecule has 22 heteroatoms. The largest absolute Gasteiger partial charge is 0.461 e. The Kier molecular flexibility index (Phi) is 22.1. The number of primary sulfonamides is 1. The fourth-order valence-electron chi connectivity index (χ4n) is 4.00. The van der Waals surface area contributed by atoms with Gasteiger partial charge in [-0.1, -0.05) is 0 Å². The molecule has 0 aliphatic heterocycles. The number of nitrogens with one attached hydrogen (secondary N) is 1. The van der Waals surface area contributed by atoms with Crippen LogP contribution in [0.15, 0.2) is 113 Å². The minimum Gasteiger partial charge on any atom is -0.461 e. The summed E-state index contributed by atoms with van der Waals surface area (Å²) in [7, 11) is -1.61. The van der Waals surface area contributed by atoms with Gasteiger partial charge in [0.25, 0.3) is 0 Å². The Hall–Kier alpha value is -5.78. The van der Waals surface area contributed by atoms with E-state index >= 15 is 0 Å². The second-order valence-electron chi connectivity index (χ2n) is 10.6. The van der Waals surface area contributed by atoms with Gasteiger partial charge in [-0.15, -0.1) is 21.7 Å². The number of anilines is 1. The van der Waals surface area contributed by atoms with Crippen molar-refractivity contribution in [3.8, 4) is 16.9 Å². The number of nitrogens with zero attached hydrogens (tertiary/aromatic N) is 2. The third-order valence-electron chi connectivity index (χ3n) is 6.72. The summed E-state index contributed by atoms with van der Waals surface area (Å²) < 4.78 is 67.2. The fraction of sp³-hybridized carbons (Fsp3) is 0.139. The van der Waals surface area contributed by atoms with Crippen molar-refractivity contribution in [1.29, 1.82) is 0 Å². The zero-order valence-electron chi connectivity index (χ0n) is 31.1. The fourth-order valence-corrected chi connectivity index (χ4v) is 4.88. The minimum absolute atomic E-state index is 0. The van der Waals surface area contributed by atoms with E-state index in [2.05, 4.69) is 35.2 Å². The van der Waals surface area contributed by atoms with Gasteiger partial charge in [-0.3, -0.25) is 10.6 Å². The number of Topliss-reactive ketones (excluding diaryl/α,β-unsaturated/α-hetero) is 1. The second kappa shape index (κ2) is 25.5. The van der Waals surface area contributed by atoms with Crippen LogP contribution >= 0.6 is 24.4 Å². The molecule has 5 aromatic rings. The molecule has 0 atom stereocenters. The molecular formula is C36H39ClF2N6O11S2. The van der Waals surface area contributed by atoms with Crippen molar-refractivity contribution < 1.29 is 59.9 Å². The highest BCUT2D eigenvalue weighted by molar-refractivity contribution is 7.94. The molecule has 58 heavy (non-hydrogen) atoms. The van der Waals surface area contributed by atoms with Crippen molar-refractivity contribution in [3.05, 3.63) is 126 Å². The number of aromatic nitrogens is 2. The third kappa shape index (κ3) is 16.8. The van der Waals surface area contributed by atoms with Crippen molar-refractivity contribution >= 4 is 63.9 Å². The highest BCUT2D eigenvalue weighted by Crippen LogP contribution is 2.26. The second-order valence-corrected chi connectivity index (χ2v) is 12.9. The van der Waals surface area contributed by atoms with E-state index in [9.17, 15) is 36.4 Å². The molecule has 0 aliphatic rings. The van der Waals surface area contributed by atoms with Gasteiger partial charge in [-0.05, 0) is 117 Å². The summed E-state index contributed by atoms with van der Waals surface area (Å²) in [5.41, 5.74) is 5.58. The molecule has 5 rings (SSSR count). The molecule has 7 N–H and O–H groups in total. The lowest BCUT2D eigenvalue weighted by Crippen LogP contribution is -2.16. The normalized spacial score (nSPS) is 10.0. The van der Waals surface area contributed by atoms with Gasteiger partial charge < -0.3 is 19.6 Å². The molecule has 17 nitrogen and oxygen atoms in total. The number of hydrazine groups is 1. The predicted octanol–water partition coefficient (Wildman–Crippen LogP) is 5.09. The van der Waals surface area contributed by atoms with Crippen LogP contribution in [0.4, 0.5) is 14.5 Å². The van der Waals surface area contributed by atoms with Crippen molar-refractivity contribution in [2.75, 3.05) is 26.3 Å². The standard InChI is InChI=1S/C18H16FN3O4S.C8H7FO.C6H9N3O2S.C4H6O4.ClH/c1-2-26-18(23)16-11-17(12-3-5-13(19)6-4-12)22(21-16)14-7-9-15(10-8-14)27(20,24)25;1-6(10)7-2-4-8(9)5-3-7;7-9-5-1-3-6(4-2-5)12-11-10-8;1-7-3(5)4(6)8-2;/h3-11H,2H2,1H3,(H2,20,24,25);2-5H,1H3;1-4,9H,7-8H2;1-2H3;1H. The molecule has 0 spiro atoms. The molecular weight excluding hydrogens is 830 g/mol. The summed E-state index contributed by atoms with van der Waals surface area (Å²) >= 11 is 1.02. The van der Waals surface area contributed by atoms with Gasteiger partial charge in [0.1, 0.15) is 11.6 Å². The van der Waals surface area contributed by atoms with E-state index in [0.29, 0.717) is 22.5 Å². The number of methoxy groups -OCH3 is 2. The first kappa shape index (κ1) is 50.2. The number of rotatable bonds is 10. The lowest BCUT2D eigenvalue weighted by molar-refractivity contribution is -0.195. The van der Waals surface area contributed by atoms with Crippen LogP contribution in [0.25, 0.3) is 16.9 Å². The molecule has 0 saturated carbocycles. The minimum atomic E-state index is -3.83. The quantitative estimate of drug-likeness (QED) is 0.0208. The number of nitrogens with two attached hydrogens (primary N) is 3. The molecule has 1 heterocycles. The Bertz CT molecular complexity index is 2170. The first-order chi connectivity index (χ1) is 27.1. The molecule has 312 valence electrons. The molecule has 4 aromatic carbocycles. The van der Waals surface area contributed by atoms with Gasteiger partial charge >= 0.3 is 17.9 Å². The molecule has 0 aliphatic carbocycles. The van der Waals surface area contributed by atoms with Gasteiger partial charge in [0.05, 0.1) is 49.1 Å². The van der Waals surface area contributed by atoms with Crippen LogP contribution in [0.2, 0.25) is 0 Å². The van der Waals surface area contributed by atoms with Crippen molar-refractivity contribution in [2.45, 2.75) is 23.6 Å². The van der Waals surface area contributed by atoms with E-state index < -0.39 is 33.7 Å². The van der Waals surface area contributed by atoms with Gasteiger partial charge in [0, 0.05) is 21.7 Å². The predicted molar refractivity (Wildman–Crippen MR) is 210 cm³/mol.